The molecule has 0 aliphatic carbocycles. The van der Waals surface area contributed by atoms with Crippen LogP contribution in [0.3, 0.4) is 0 Å². The van der Waals surface area contributed by atoms with Crippen LogP contribution < -0.4 is 5.73 Å². The van der Waals surface area contributed by atoms with Crippen LogP contribution in [0, 0.1) is 0 Å². The second-order valence-electron chi connectivity index (χ2n) is 3.28. The Morgan fingerprint density at radius 2 is 2.27 bits per heavy atom. The fourth-order valence-corrected chi connectivity index (χ4v) is 1.33. The van der Waals surface area contributed by atoms with Crippen LogP contribution in [0.25, 0.3) is 0 Å². The second kappa shape index (κ2) is 4.04. The first-order valence-electron chi connectivity index (χ1n) is 4.67. The Morgan fingerprint density at radius 1 is 1.40 bits per heavy atom. The zero-order valence-electron chi connectivity index (χ0n) is 8.46. The SMILES string of the molecule is Cn1nnc(CCc2ccnc(N)c2)n1. The molecule has 2 aromatic heterocycles. The summed E-state index contributed by atoms with van der Waals surface area (Å²) in [6, 6.07) is 3.79. The first-order valence-corrected chi connectivity index (χ1v) is 4.67. The molecule has 15 heavy (non-hydrogen) atoms. The third kappa shape index (κ3) is 2.49. The van der Waals surface area contributed by atoms with Gasteiger partial charge in [-0.2, -0.15) is 4.80 Å². The van der Waals surface area contributed by atoms with Crippen molar-refractivity contribution in [2.75, 3.05) is 5.73 Å². The summed E-state index contributed by atoms with van der Waals surface area (Å²) in [7, 11) is 1.75. The lowest BCUT2D eigenvalue weighted by molar-refractivity contribution is 0.627. The highest BCUT2D eigenvalue weighted by Gasteiger charge is 2.01. The molecule has 0 aromatic carbocycles. The summed E-state index contributed by atoms with van der Waals surface area (Å²) < 4.78 is 0. The summed E-state index contributed by atoms with van der Waals surface area (Å²) >= 11 is 0. The molecule has 0 saturated heterocycles. The summed E-state index contributed by atoms with van der Waals surface area (Å²) in [6.07, 6.45) is 3.31. The van der Waals surface area contributed by atoms with Gasteiger partial charge in [0.1, 0.15) is 5.82 Å². The van der Waals surface area contributed by atoms with Gasteiger partial charge in [-0.15, -0.1) is 10.2 Å². The van der Waals surface area contributed by atoms with Crippen LogP contribution in [0.4, 0.5) is 5.82 Å². The molecule has 0 unspecified atom stereocenters. The lowest BCUT2D eigenvalue weighted by Gasteiger charge is -1.98. The van der Waals surface area contributed by atoms with E-state index in [2.05, 4.69) is 20.4 Å². The van der Waals surface area contributed by atoms with Crippen molar-refractivity contribution in [2.24, 2.45) is 7.05 Å². The lowest BCUT2D eigenvalue weighted by Crippen LogP contribution is -1.97. The number of hydrogen-bond donors (Lipinski definition) is 1. The van der Waals surface area contributed by atoms with Gasteiger partial charge in [-0.3, -0.25) is 0 Å². The first-order chi connectivity index (χ1) is 7.24. The average Bonchev–Trinajstić information content (AvgIpc) is 2.62. The molecule has 0 fully saturated rings. The summed E-state index contributed by atoms with van der Waals surface area (Å²) in [5.74, 6) is 1.28. The number of nitrogens with two attached hydrogens (primary N) is 1. The smallest absolute Gasteiger partial charge is 0.175 e. The van der Waals surface area contributed by atoms with Crippen molar-refractivity contribution < 1.29 is 0 Å². The Morgan fingerprint density at radius 3 is 2.93 bits per heavy atom. The molecule has 0 bridgehead atoms. The molecular formula is C9H12N6. The largest absolute Gasteiger partial charge is 0.384 e. The van der Waals surface area contributed by atoms with Gasteiger partial charge in [-0.25, -0.2) is 4.98 Å². The van der Waals surface area contributed by atoms with Crippen LogP contribution in [0.2, 0.25) is 0 Å². The van der Waals surface area contributed by atoms with Gasteiger partial charge in [-0.05, 0) is 29.3 Å². The molecule has 6 heteroatoms. The Balaban J connectivity index is 1.99. The quantitative estimate of drug-likeness (QED) is 0.759. The van der Waals surface area contributed by atoms with E-state index < -0.39 is 0 Å². The normalized spacial score (nSPS) is 10.5. The molecule has 2 rings (SSSR count). The molecule has 0 aliphatic rings. The fourth-order valence-electron chi connectivity index (χ4n) is 1.33. The van der Waals surface area contributed by atoms with E-state index in [4.69, 9.17) is 5.73 Å². The molecule has 2 N–H and O–H groups in total. The first kappa shape index (κ1) is 9.57. The zero-order chi connectivity index (χ0) is 10.7. The lowest BCUT2D eigenvalue weighted by atomic mass is 10.1. The number of aromatic nitrogens is 5. The van der Waals surface area contributed by atoms with E-state index in [1.807, 2.05) is 12.1 Å². The van der Waals surface area contributed by atoms with Gasteiger partial charge in [0.2, 0.25) is 0 Å². The van der Waals surface area contributed by atoms with E-state index in [1.165, 1.54) is 4.80 Å². The maximum Gasteiger partial charge on any atom is 0.175 e. The van der Waals surface area contributed by atoms with Crippen molar-refractivity contribution in [1.82, 2.24) is 25.2 Å². The van der Waals surface area contributed by atoms with E-state index in [0.717, 1.165) is 24.2 Å². The number of pyridine rings is 1. The second-order valence-corrected chi connectivity index (χ2v) is 3.28. The number of nitrogen functional groups attached to an aromatic ring is 1. The Hall–Kier alpha value is -1.98. The van der Waals surface area contributed by atoms with Crippen molar-refractivity contribution in [3.63, 3.8) is 0 Å². The summed E-state index contributed by atoms with van der Waals surface area (Å²) in [5.41, 5.74) is 6.71. The van der Waals surface area contributed by atoms with Gasteiger partial charge in [0.25, 0.3) is 0 Å². The minimum absolute atomic E-state index is 0.541. The molecule has 0 aliphatic heterocycles. The molecular weight excluding hydrogens is 192 g/mol. The highest BCUT2D eigenvalue weighted by molar-refractivity contribution is 5.31. The van der Waals surface area contributed by atoms with E-state index in [9.17, 15) is 0 Å². The van der Waals surface area contributed by atoms with Gasteiger partial charge in [0.15, 0.2) is 5.82 Å². The van der Waals surface area contributed by atoms with Gasteiger partial charge in [-0.1, -0.05) is 0 Å². The van der Waals surface area contributed by atoms with Gasteiger partial charge in [0.05, 0.1) is 7.05 Å². The minimum Gasteiger partial charge on any atom is -0.384 e. The molecule has 78 valence electrons. The summed E-state index contributed by atoms with van der Waals surface area (Å²) in [5, 5.41) is 11.8. The third-order valence-electron chi connectivity index (χ3n) is 2.03. The van der Waals surface area contributed by atoms with E-state index in [1.54, 1.807) is 13.2 Å². The molecule has 6 nitrogen and oxygen atoms in total. The predicted molar refractivity (Wildman–Crippen MR) is 54.9 cm³/mol. The summed E-state index contributed by atoms with van der Waals surface area (Å²) in [6.45, 7) is 0. The Bertz CT molecular complexity index is 449. The minimum atomic E-state index is 0.541. The van der Waals surface area contributed by atoms with Crippen LogP contribution in [-0.2, 0) is 19.9 Å². The zero-order valence-corrected chi connectivity index (χ0v) is 8.46. The fraction of sp³-hybridized carbons (Fsp3) is 0.333. The van der Waals surface area contributed by atoms with E-state index in [-0.39, 0.29) is 0 Å². The van der Waals surface area contributed by atoms with Crippen LogP contribution in [0.1, 0.15) is 11.4 Å². The van der Waals surface area contributed by atoms with Crippen molar-refractivity contribution in [3.8, 4) is 0 Å². The van der Waals surface area contributed by atoms with Gasteiger partial charge in [0, 0.05) is 12.6 Å². The van der Waals surface area contributed by atoms with Crippen LogP contribution in [-0.4, -0.2) is 25.2 Å². The van der Waals surface area contributed by atoms with Gasteiger partial charge < -0.3 is 5.73 Å². The third-order valence-corrected chi connectivity index (χ3v) is 2.03. The molecule has 2 heterocycles. The van der Waals surface area contributed by atoms with Crippen molar-refractivity contribution in [1.29, 1.82) is 0 Å². The number of nitrogens with zero attached hydrogens (tertiary/aromatic N) is 5. The molecule has 2 aromatic rings. The summed E-state index contributed by atoms with van der Waals surface area (Å²) in [4.78, 5) is 5.38. The van der Waals surface area contributed by atoms with Crippen molar-refractivity contribution in [3.05, 3.63) is 29.7 Å². The molecule has 0 spiro atoms. The van der Waals surface area contributed by atoms with Crippen LogP contribution >= 0.6 is 0 Å². The Labute approximate surface area is 87.1 Å². The average molecular weight is 204 g/mol. The predicted octanol–water partition coefficient (Wildman–Crippen LogP) is -0.0275. The standard InChI is InChI=1S/C9H12N6/c1-15-13-9(12-14-15)3-2-7-4-5-11-8(10)6-7/h4-6H,2-3H2,1H3,(H2,10,11). The highest BCUT2D eigenvalue weighted by atomic mass is 15.6. The molecule has 0 radical (unpaired) electrons. The monoisotopic (exact) mass is 204 g/mol. The van der Waals surface area contributed by atoms with Crippen LogP contribution in [0.5, 0.6) is 0 Å². The maximum absolute atomic E-state index is 5.57. The topological polar surface area (TPSA) is 82.5 Å². The Kier molecular flexibility index (Phi) is 2.57. The highest BCUT2D eigenvalue weighted by Crippen LogP contribution is 2.05. The number of anilines is 1. The van der Waals surface area contributed by atoms with E-state index >= 15 is 0 Å². The van der Waals surface area contributed by atoms with E-state index in [0.29, 0.717) is 5.82 Å². The molecule has 0 amide bonds. The number of hydrogen-bond acceptors (Lipinski definition) is 5. The van der Waals surface area contributed by atoms with Crippen molar-refractivity contribution in [2.45, 2.75) is 12.8 Å². The molecule has 0 saturated carbocycles. The molecule has 0 atom stereocenters. The maximum atomic E-state index is 5.57. The number of aryl methyl sites for hydroxylation is 3. The van der Waals surface area contributed by atoms with Gasteiger partial charge >= 0.3 is 0 Å². The van der Waals surface area contributed by atoms with Crippen molar-refractivity contribution >= 4 is 5.82 Å². The number of rotatable bonds is 3. The number of tetrazole rings is 1. The van der Waals surface area contributed by atoms with Crippen LogP contribution in [0.15, 0.2) is 18.3 Å².